The minimum absolute atomic E-state index is 0.0214. The number of benzene rings is 1. The molecule has 0 unspecified atom stereocenters. The molecule has 0 aliphatic carbocycles. The summed E-state index contributed by atoms with van der Waals surface area (Å²) in [5, 5.41) is 0. The Morgan fingerprint density at radius 1 is 1.14 bits per heavy atom. The number of nitrogens with zero attached hydrogens (tertiary/aromatic N) is 3. The maximum Gasteiger partial charge on any atom is 0.254 e. The molecule has 0 saturated carbocycles. The van der Waals surface area contributed by atoms with Crippen molar-refractivity contribution in [2.75, 3.05) is 31.1 Å². The van der Waals surface area contributed by atoms with Gasteiger partial charge >= 0.3 is 0 Å². The maximum atomic E-state index is 13.8. The Morgan fingerprint density at radius 3 is 2.55 bits per heavy atom. The van der Waals surface area contributed by atoms with Crippen molar-refractivity contribution in [2.45, 2.75) is 6.92 Å². The maximum absolute atomic E-state index is 13.8. The van der Waals surface area contributed by atoms with Gasteiger partial charge in [0.25, 0.3) is 5.91 Å². The van der Waals surface area contributed by atoms with Crippen LogP contribution in [0.2, 0.25) is 0 Å². The van der Waals surface area contributed by atoms with E-state index in [0.29, 0.717) is 37.4 Å². The third-order valence-corrected chi connectivity index (χ3v) is 4.01. The minimum atomic E-state index is -0.216. The predicted octanol–water partition coefficient (Wildman–Crippen LogP) is 2.49. The number of carbonyl (C=O) groups is 1. The van der Waals surface area contributed by atoms with Gasteiger partial charge in [0, 0.05) is 44.1 Å². The van der Waals surface area contributed by atoms with Crippen molar-refractivity contribution in [3.05, 3.63) is 59.7 Å². The molecule has 4 nitrogen and oxygen atoms in total. The number of anilines is 1. The first kappa shape index (κ1) is 14.5. The van der Waals surface area contributed by atoms with E-state index < -0.39 is 0 Å². The van der Waals surface area contributed by atoms with Gasteiger partial charge in [0.1, 0.15) is 5.82 Å². The van der Waals surface area contributed by atoms with Crippen molar-refractivity contribution < 1.29 is 9.18 Å². The van der Waals surface area contributed by atoms with E-state index in [1.54, 1.807) is 30.6 Å². The molecule has 2 aromatic rings. The Hall–Kier alpha value is -2.43. The van der Waals surface area contributed by atoms with E-state index in [4.69, 9.17) is 0 Å². The SMILES string of the molecule is Cc1cnccc1C(=O)N1CCN(c2ccccc2F)CC1. The molecule has 0 atom stereocenters. The fourth-order valence-corrected chi connectivity index (χ4v) is 2.74. The van der Waals surface area contributed by atoms with Gasteiger partial charge in [0.15, 0.2) is 0 Å². The fraction of sp³-hybridized carbons (Fsp3) is 0.294. The molecule has 1 aromatic heterocycles. The average molecular weight is 299 g/mol. The minimum Gasteiger partial charge on any atom is -0.366 e. The lowest BCUT2D eigenvalue weighted by Crippen LogP contribution is -2.49. The molecule has 1 fully saturated rings. The highest BCUT2D eigenvalue weighted by molar-refractivity contribution is 5.95. The first-order valence-electron chi connectivity index (χ1n) is 7.36. The topological polar surface area (TPSA) is 36.4 Å². The van der Waals surface area contributed by atoms with Crippen LogP contribution in [0, 0.1) is 12.7 Å². The molecule has 0 bridgehead atoms. The number of piperazine rings is 1. The summed E-state index contributed by atoms with van der Waals surface area (Å²) in [6.45, 7) is 4.34. The van der Waals surface area contributed by atoms with E-state index in [0.717, 1.165) is 5.56 Å². The number of halogens is 1. The third-order valence-electron chi connectivity index (χ3n) is 4.01. The quantitative estimate of drug-likeness (QED) is 0.855. The Labute approximate surface area is 129 Å². The highest BCUT2D eigenvalue weighted by atomic mass is 19.1. The van der Waals surface area contributed by atoms with E-state index in [2.05, 4.69) is 4.98 Å². The summed E-state index contributed by atoms with van der Waals surface area (Å²) < 4.78 is 13.8. The standard InChI is InChI=1S/C17H18FN3O/c1-13-12-19-7-6-14(13)17(22)21-10-8-20(9-11-21)16-5-3-2-4-15(16)18/h2-7,12H,8-11H2,1H3. The molecule has 1 saturated heterocycles. The van der Waals surface area contributed by atoms with E-state index >= 15 is 0 Å². The second-order valence-corrected chi connectivity index (χ2v) is 5.42. The number of pyridine rings is 1. The summed E-state index contributed by atoms with van der Waals surface area (Å²) in [5.74, 6) is -0.194. The van der Waals surface area contributed by atoms with Crippen LogP contribution in [0.15, 0.2) is 42.7 Å². The van der Waals surface area contributed by atoms with E-state index in [9.17, 15) is 9.18 Å². The lowest BCUT2D eigenvalue weighted by molar-refractivity contribution is 0.0746. The predicted molar refractivity (Wildman–Crippen MR) is 83.5 cm³/mol. The molecule has 1 amide bonds. The summed E-state index contributed by atoms with van der Waals surface area (Å²) in [4.78, 5) is 20.4. The largest absolute Gasteiger partial charge is 0.366 e. The molecular weight excluding hydrogens is 281 g/mol. The van der Waals surface area contributed by atoms with Crippen LogP contribution in [-0.2, 0) is 0 Å². The van der Waals surface area contributed by atoms with Crippen molar-refractivity contribution >= 4 is 11.6 Å². The van der Waals surface area contributed by atoms with Gasteiger partial charge in [-0.3, -0.25) is 9.78 Å². The van der Waals surface area contributed by atoms with Crippen LogP contribution < -0.4 is 4.90 Å². The highest BCUT2D eigenvalue weighted by Crippen LogP contribution is 2.21. The van der Waals surface area contributed by atoms with Gasteiger partial charge in [-0.05, 0) is 30.7 Å². The van der Waals surface area contributed by atoms with Crippen LogP contribution in [0.5, 0.6) is 0 Å². The normalized spacial score (nSPS) is 15.0. The monoisotopic (exact) mass is 299 g/mol. The van der Waals surface area contributed by atoms with Crippen molar-refractivity contribution in [1.82, 2.24) is 9.88 Å². The van der Waals surface area contributed by atoms with Crippen LogP contribution >= 0.6 is 0 Å². The third kappa shape index (κ3) is 2.79. The lowest BCUT2D eigenvalue weighted by atomic mass is 10.1. The molecule has 0 N–H and O–H groups in total. The summed E-state index contributed by atoms with van der Waals surface area (Å²) in [6, 6.07) is 8.51. The smallest absolute Gasteiger partial charge is 0.254 e. The van der Waals surface area contributed by atoms with Crippen molar-refractivity contribution in [2.24, 2.45) is 0 Å². The Morgan fingerprint density at radius 2 is 1.86 bits per heavy atom. The molecule has 2 heterocycles. The van der Waals surface area contributed by atoms with Gasteiger partial charge in [-0.2, -0.15) is 0 Å². The molecule has 1 aliphatic rings. The highest BCUT2D eigenvalue weighted by Gasteiger charge is 2.24. The van der Waals surface area contributed by atoms with E-state index in [-0.39, 0.29) is 11.7 Å². The molecule has 1 aliphatic heterocycles. The zero-order valence-electron chi connectivity index (χ0n) is 12.5. The Kier molecular flexibility index (Phi) is 4.04. The molecule has 0 spiro atoms. The number of carbonyl (C=O) groups excluding carboxylic acids is 1. The Bertz CT molecular complexity index is 681. The van der Waals surface area contributed by atoms with Crippen LogP contribution in [0.4, 0.5) is 10.1 Å². The second-order valence-electron chi connectivity index (χ2n) is 5.42. The van der Waals surface area contributed by atoms with Gasteiger partial charge in [-0.1, -0.05) is 12.1 Å². The van der Waals surface area contributed by atoms with Gasteiger partial charge in [0.2, 0.25) is 0 Å². The van der Waals surface area contributed by atoms with Gasteiger partial charge in [0.05, 0.1) is 5.69 Å². The number of hydrogen-bond donors (Lipinski definition) is 0. The van der Waals surface area contributed by atoms with Crippen LogP contribution in [-0.4, -0.2) is 42.0 Å². The zero-order chi connectivity index (χ0) is 15.5. The van der Waals surface area contributed by atoms with Gasteiger partial charge in [-0.15, -0.1) is 0 Å². The van der Waals surface area contributed by atoms with Crippen molar-refractivity contribution in [1.29, 1.82) is 0 Å². The molecule has 22 heavy (non-hydrogen) atoms. The van der Waals surface area contributed by atoms with E-state index in [1.807, 2.05) is 22.8 Å². The first-order chi connectivity index (χ1) is 10.7. The summed E-state index contributed by atoms with van der Waals surface area (Å²) in [6.07, 6.45) is 3.33. The van der Waals surface area contributed by atoms with Crippen molar-refractivity contribution in [3.63, 3.8) is 0 Å². The van der Waals surface area contributed by atoms with E-state index in [1.165, 1.54) is 6.07 Å². The number of amides is 1. The zero-order valence-corrected chi connectivity index (χ0v) is 12.5. The lowest BCUT2D eigenvalue weighted by Gasteiger charge is -2.36. The second kappa shape index (κ2) is 6.13. The first-order valence-corrected chi connectivity index (χ1v) is 7.36. The molecule has 0 radical (unpaired) electrons. The summed E-state index contributed by atoms with van der Waals surface area (Å²) >= 11 is 0. The van der Waals surface area contributed by atoms with Crippen LogP contribution in [0.1, 0.15) is 15.9 Å². The number of hydrogen-bond acceptors (Lipinski definition) is 3. The molecule has 114 valence electrons. The van der Waals surface area contributed by atoms with Crippen LogP contribution in [0.3, 0.4) is 0 Å². The number of aryl methyl sites for hydroxylation is 1. The average Bonchev–Trinajstić information content (AvgIpc) is 2.55. The molecular formula is C17H18FN3O. The van der Waals surface area contributed by atoms with Gasteiger partial charge < -0.3 is 9.80 Å². The number of para-hydroxylation sites is 1. The summed E-state index contributed by atoms with van der Waals surface area (Å²) in [5.41, 5.74) is 2.17. The molecule has 3 rings (SSSR count). The number of rotatable bonds is 2. The Balaban J connectivity index is 1.68. The van der Waals surface area contributed by atoms with Gasteiger partial charge in [-0.25, -0.2) is 4.39 Å². The fourth-order valence-electron chi connectivity index (χ4n) is 2.74. The molecule has 1 aromatic carbocycles. The van der Waals surface area contributed by atoms with Crippen LogP contribution in [0.25, 0.3) is 0 Å². The molecule has 5 heteroatoms. The summed E-state index contributed by atoms with van der Waals surface area (Å²) in [7, 11) is 0. The number of aromatic nitrogens is 1. The van der Waals surface area contributed by atoms with Crippen molar-refractivity contribution in [3.8, 4) is 0 Å².